The number of amides is 1. The third-order valence-electron chi connectivity index (χ3n) is 6.01. The summed E-state index contributed by atoms with van der Waals surface area (Å²) in [5.41, 5.74) is -0.117. The summed E-state index contributed by atoms with van der Waals surface area (Å²) in [7, 11) is 0. The fraction of sp³-hybridized carbons (Fsp3) is 0.476. The molecular weight excluding hydrogens is 423 g/mol. The summed E-state index contributed by atoms with van der Waals surface area (Å²) in [5, 5.41) is 0. The van der Waals surface area contributed by atoms with Crippen LogP contribution in [0, 0.1) is 5.92 Å². The van der Waals surface area contributed by atoms with Crippen molar-refractivity contribution >= 4 is 22.9 Å². The molecule has 1 N–H and O–H groups in total. The molecule has 1 amide bonds. The summed E-state index contributed by atoms with van der Waals surface area (Å²) < 4.78 is 38.9. The highest BCUT2D eigenvalue weighted by atomic mass is 19.4. The van der Waals surface area contributed by atoms with Crippen molar-refractivity contribution < 1.29 is 18.0 Å². The second kappa shape index (κ2) is 8.03. The van der Waals surface area contributed by atoms with Gasteiger partial charge in [-0.2, -0.15) is 13.2 Å². The molecule has 2 aliphatic heterocycles. The SMILES string of the molecule is O=C([C@@H]1CCCN(c2ccc3nc(-c4cncc(C(F)(F)F)n4)[nH]c3n2)C1)N1CCCC1. The lowest BCUT2D eigenvalue weighted by atomic mass is 9.96. The van der Waals surface area contributed by atoms with Crippen LogP contribution >= 0.6 is 0 Å². The van der Waals surface area contributed by atoms with Crippen molar-refractivity contribution in [1.29, 1.82) is 0 Å². The summed E-state index contributed by atoms with van der Waals surface area (Å²) in [6, 6.07) is 3.60. The lowest BCUT2D eigenvalue weighted by Gasteiger charge is -2.34. The lowest BCUT2D eigenvalue weighted by Crippen LogP contribution is -2.44. The summed E-state index contributed by atoms with van der Waals surface area (Å²) in [4.78, 5) is 36.0. The van der Waals surface area contributed by atoms with Crippen LogP contribution in [0.15, 0.2) is 24.5 Å². The average Bonchev–Trinajstić information content (AvgIpc) is 3.48. The zero-order chi connectivity index (χ0) is 22.3. The third kappa shape index (κ3) is 3.98. The minimum atomic E-state index is -4.59. The Morgan fingerprint density at radius 3 is 2.62 bits per heavy atom. The van der Waals surface area contributed by atoms with E-state index >= 15 is 0 Å². The Bertz CT molecular complexity index is 1140. The van der Waals surface area contributed by atoms with Crippen molar-refractivity contribution in [3.8, 4) is 11.5 Å². The largest absolute Gasteiger partial charge is 0.434 e. The van der Waals surface area contributed by atoms with Gasteiger partial charge in [0.25, 0.3) is 0 Å². The van der Waals surface area contributed by atoms with Gasteiger partial charge in [0.1, 0.15) is 17.0 Å². The summed E-state index contributed by atoms with van der Waals surface area (Å²) in [5.74, 6) is 1.06. The number of likely N-dealkylation sites (tertiary alicyclic amines) is 1. The highest BCUT2D eigenvalue weighted by Crippen LogP contribution is 2.29. The van der Waals surface area contributed by atoms with E-state index in [1.807, 2.05) is 11.0 Å². The molecule has 5 heterocycles. The van der Waals surface area contributed by atoms with Gasteiger partial charge >= 0.3 is 6.18 Å². The maximum Gasteiger partial charge on any atom is 0.434 e. The second-order valence-corrected chi connectivity index (χ2v) is 8.23. The van der Waals surface area contributed by atoms with Gasteiger partial charge in [-0.1, -0.05) is 0 Å². The molecule has 5 rings (SSSR count). The van der Waals surface area contributed by atoms with Gasteiger partial charge in [0.05, 0.1) is 18.3 Å². The fourth-order valence-electron chi connectivity index (χ4n) is 4.38. The first kappa shape index (κ1) is 20.7. The zero-order valence-electron chi connectivity index (χ0n) is 17.3. The van der Waals surface area contributed by atoms with Gasteiger partial charge in [-0.05, 0) is 37.8 Å². The number of rotatable bonds is 3. The van der Waals surface area contributed by atoms with E-state index in [0.29, 0.717) is 29.7 Å². The fourth-order valence-corrected chi connectivity index (χ4v) is 4.38. The smallest absolute Gasteiger partial charge is 0.356 e. The molecule has 168 valence electrons. The van der Waals surface area contributed by atoms with Gasteiger partial charge in [-0.3, -0.25) is 9.78 Å². The van der Waals surface area contributed by atoms with E-state index in [1.54, 1.807) is 6.07 Å². The number of halogens is 3. The number of alkyl halides is 3. The van der Waals surface area contributed by atoms with Crippen LogP contribution in [0.1, 0.15) is 31.4 Å². The Morgan fingerprint density at radius 2 is 1.84 bits per heavy atom. The van der Waals surface area contributed by atoms with E-state index in [2.05, 4.69) is 29.8 Å². The first-order valence-corrected chi connectivity index (χ1v) is 10.7. The third-order valence-corrected chi connectivity index (χ3v) is 6.01. The van der Waals surface area contributed by atoms with Crippen molar-refractivity contribution in [2.24, 2.45) is 5.92 Å². The van der Waals surface area contributed by atoms with E-state index in [4.69, 9.17) is 0 Å². The lowest BCUT2D eigenvalue weighted by molar-refractivity contribution is -0.141. The highest BCUT2D eigenvalue weighted by Gasteiger charge is 2.34. The van der Waals surface area contributed by atoms with Crippen molar-refractivity contribution in [1.82, 2.24) is 29.8 Å². The van der Waals surface area contributed by atoms with Crippen LogP contribution < -0.4 is 4.90 Å². The predicted octanol–water partition coefficient (Wildman–Crippen LogP) is 3.27. The van der Waals surface area contributed by atoms with Gasteiger partial charge in [-0.25, -0.2) is 15.0 Å². The summed E-state index contributed by atoms with van der Waals surface area (Å²) in [6.45, 7) is 3.08. The molecule has 0 bridgehead atoms. The van der Waals surface area contributed by atoms with Crippen LogP contribution in [0.3, 0.4) is 0 Å². The molecule has 3 aromatic rings. The van der Waals surface area contributed by atoms with Gasteiger partial charge < -0.3 is 14.8 Å². The van der Waals surface area contributed by atoms with Gasteiger partial charge in [0.2, 0.25) is 5.91 Å². The number of aromatic amines is 1. The number of aromatic nitrogens is 5. The molecule has 0 aliphatic carbocycles. The number of hydrogen-bond acceptors (Lipinski definition) is 6. The topological polar surface area (TPSA) is 90.9 Å². The molecule has 2 fully saturated rings. The number of nitrogens with zero attached hydrogens (tertiary/aromatic N) is 6. The maximum absolute atomic E-state index is 13.0. The van der Waals surface area contributed by atoms with E-state index in [1.165, 1.54) is 6.20 Å². The molecule has 0 spiro atoms. The minimum Gasteiger partial charge on any atom is -0.356 e. The Morgan fingerprint density at radius 1 is 1.03 bits per heavy atom. The number of hydrogen-bond donors (Lipinski definition) is 1. The Balaban J connectivity index is 1.38. The number of piperidine rings is 1. The van der Waals surface area contributed by atoms with Crippen LogP contribution in [0.25, 0.3) is 22.7 Å². The Kier molecular flexibility index (Phi) is 5.18. The number of nitrogens with one attached hydrogen (secondary N) is 1. The van der Waals surface area contributed by atoms with Crippen molar-refractivity contribution in [3.63, 3.8) is 0 Å². The summed E-state index contributed by atoms with van der Waals surface area (Å²) >= 11 is 0. The number of anilines is 1. The molecular formula is C21H22F3N7O. The number of pyridine rings is 1. The molecule has 0 aromatic carbocycles. The van der Waals surface area contributed by atoms with Crippen LogP contribution in [0.5, 0.6) is 0 Å². The van der Waals surface area contributed by atoms with E-state index in [0.717, 1.165) is 45.3 Å². The molecule has 11 heteroatoms. The highest BCUT2D eigenvalue weighted by molar-refractivity contribution is 5.80. The predicted molar refractivity (Wildman–Crippen MR) is 111 cm³/mol. The molecule has 2 saturated heterocycles. The monoisotopic (exact) mass is 445 g/mol. The Labute approximate surface area is 181 Å². The van der Waals surface area contributed by atoms with Crippen molar-refractivity contribution in [3.05, 3.63) is 30.2 Å². The number of imidazole rings is 1. The second-order valence-electron chi connectivity index (χ2n) is 8.23. The molecule has 32 heavy (non-hydrogen) atoms. The molecule has 0 radical (unpaired) electrons. The van der Waals surface area contributed by atoms with Crippen LogP contribution in [0.2, 0.25) is 0 Å². The van der Waals surface area contributed by atoms with E-state index in [9.17, 15) is 18.0 Å². The molecule has 0 saturated carbocycles. The molecule has 0 unspecified atom stereocenters. The zero-order valence-corrected chi connectivity index (χ0v) is 17.3. The first-order chi connectivity index (χ1) is 15.4. The number of carbonyl (C=O) groups is 1. The quantitative estimate of drug-likeness (QED) is 0.666. The van der Waals surface area contributed by atoms with Crippen molar-refractivity contribution in [2.45, 2.75) is 31.9 Å². The Hall–Kier alpha value is -3.24. The van der Waals surface area contributed by atoms with Crippen molar-refractivity contribution in [2.75, 3.05) is 31.1 Å². The molecule has 8 nitrogen and oxygen atoms in total. The maximum atomic E-state index is 13.0. The number of carbonyl (C=O) groups excluding carboxylic acids is 1. The minimum absolute atomic E-state index is 0.00591. The summed E-state index contributed by atoms with van der Waals surface area (Å²) in [6.07, 6.45) is 1.23. The van der Waals surface area contributed by atoms with E-state index < -0.39 is 11.9 Å². The number of fused-ring (bicyclic) bond motifs is 1. The molecule has 1 atom stereocenters. The first-order valence-electron chi connectivity index (χ1n) is 10.7. The van der Waals surface area contributed by atoms with Gasteiger partial charge in [-0.15, -0.1) is 0 Å². The van der Waals surface area contributed by atoms with Gasteiger partial charge in [0.15, 0.2) is 17.2 Å². The van der Waals surface area contributed by atoms with Crippen LogP contribution in [0.4, 0.5) is 19.0 Å². The molecule has 2 aliphatic rings. The average molecular weight is 445 g/mol. The standard InChI is InChI=1S/C21H22F3N7O/c22-21(23,24)16-11-25-10-15(26-16)19-27-14-5-6-17(28-18(14)29-19)31-9-3-4-13(12-31)20(32)30-7-1-2-8-30/h5-6,10-11,13H,1-4,7-9,12H2,(H,27,28,29)/t13-/m1/s1. The normalized spacial score (nSPS) is 19.7. The van der Waals surface area contributed by atoms with Gasteiger partial charge in [0, 0.05) is 26.2 Å². The van der Waals surface area contributed by atoms with Crippen LogP contribution in [-0.4, -0.2) is 61.9 Å². The van der Waals surface area contributed by atoms with Crippen LogP contribution in [-0.2, 0) is 11.0 Å². The molecule has 3 aromatic heterocycles. The van der Waals surface area contributed by atoms with E-state index in [-0.39, 0.29) is 23.3 Å². The number of H-pyrrole nitrogens is 1.